The number of ether oxygens (including phenoxy) is 2. The Morgan fingerprint density at radius 3 is 2.45 bits per heavy atom. The molecule has 3 aromatic rings. The summed E-state index contributed by atoms with van der Waals surface area (Å²) in [5, 5.41) is 28.1. The van der Waals surface area contributed by atoms with Crippen molar-refractivity contribution >= 4 is 29.3 Å². The average molecular weight is 678 g/mol. The number of nitrogens with zero attached hydrogens (tertiary/aromatic N) is 3. The van der Waals surface area contributed by atoms with Crippen molar-refractivity contribution in [2.24, 2.45) is 7.05 Å². The Balaban J connectivity index is 0.000000827. The second-order valence-corrected chi connectivity index (χ2v) is 12.2. The summed E-state index contributed by atoms with van der Waals surface area (Å²) < 4.78 is 13.3. The number of aliphatic carboxylic acids is 1. The molecule has 0 radical (unpaired) electrons. The molecule has 49 heavy (non-hydrogen) atoms. The molecule has 1 fully saturated rings. The minimum atomic E-state index is -1.38. The molecule has 0 atom stereocenters. The lowest BCUT2D eigenvalue weighted by atomic mass is 9.94. The van der Waals surface area contributed by atoms with E-state index < -0.39 is 11.8 Å². The molecular weight excluding hydrogens is 630 g/mol. The molecule has 5 rings (SSSR count). The number of phenols is 1. The summed E-state index contributed by atoms with van der Waals surface area (Å²) in [5.41, 5.74) is 4.70. The first kappa shape index (κ1) is 37.1. The highest BCUT2D eigenvalue weighted by Crippen LogP contribution is 2.39. The molecule has 1 saturated carbocycles. The predicted octanol–water partition coefficient (Wildman–Crippen LogP) is 3.73. The molecule has 264 valence electrons. The lowest BCUT2D eigenvalue weighted by Crippen LogP contribution is -2.45. The quantitative estimate of drug-likeness (QED) is 0.106. The molecule has 0 spiro atoms. The molecule has 0 bridgehead atoms. The normalized spacial score (nSPS) is 14.1. The summed E-state index contributed by atoms with van der Waals surface area (Å²) in [7, 11) is 1.91. The largest absolute Gasteiger partial charge is 0.506 e. The van der Waals surface area contributed by atoms with Gasteiger partial charge in [0.1, 0.15) is 11.4 Å². The van der Waals surface area contributed by atoms with Gasteiger partial charge in [-0.25, -0.2) is 4.79 Å². The molecule has 13 nitrogen and oxygen atoms in total. The Bertz CT molecular complexity index is 1550. The van der Waals surface area contributed by atoms with Gasteiger partial charge in [-0.3, -0.25) is 19.1 Å². The van der Waals surface area contributed by atoms with E-state index >= 15 is 0 Å². The van der Waals surface area contributed by atoms with Gasteiger partial charge < -0.3 is 35.2 Å². The Hall–Kier alpha value is -4.75. The molecule has 1 aliphatic heterocycles. The number of carbonyl (C=O) groups excluding carboxylic acids is 3. The number of nitrogens with one attached hydrogen (secondary N) is 2. The highest BCUT2D eigenvalue weighted by atomic mass is 16.5. The van der Waals surface area contributed by atoms with Crippen molar-refractivity contribution in [2.45, 2.75) is 64.3 Å². The highest BCUT2D eigenvalue weighted by Gasteiger charge is 2.25. The number of hydrogen-bond acceptors (Lipinski definition) is 9. The van der Waals surface area contributed by atoms with Gasteiger partial charge in [-0.15, -0.1) is 0 Å². The summed E-state index contributed by atoms with van der Waals surface area (Å²) in [5.74, 6) is -1.79. The van der Waals surface area contributed by atoms with Crippen LogP contribution in [-0.4, -0.2) is 94.0 Å². The topological polar surface area (TPSA) is 172 Å². The van der Waals surface area contributed by atoms with E-state index in [0.29, 0.717) is 63.2 Å². The third kappa shape index (κ3) is 11.4. The second-order valence-electron chi connectivity index (χ2n) is 12.2. The summed E-state index contributed by atoms with van der Waals surface area (Å²) in [4.78, 5) is 45.9. The van der Waals surface area contributed by atoms with Crippen molar-refractivity contribution < 1.29 is 38.9 Å². The van der Waals surface area contributed by atoms with Gasteiger partial charge >= 0.3 is 5.97 Å². The van der Waals surface area contributed by atoms with Crippen molar-refractivity contribution in [1.82, 2.24) is 20.0 Å². The number of aromatic nitrogens is 2. The van der Waals surface area contributed by atoms with E-state index in [4.69, 9.17) is 14.6 Å². The van der Waals surface area contributed by atoms with Crippen molar-refractivity contribution in [1.29, 1.82) is 0 Å². The zero-order chi connectivity index (χ0) is 35.2. The smallest absolute Gasteiger partial charge is 0.371 e. The number of Topliss-reactive ketones (excluding diaryl/α,β-unsaturated/α-hetero) is 1. The molecule has 2 amide bonds. The summed E-state index contributed by atoms with van der Waals surface area (Å²) in [6, 6.07) is 12.2. The lowest BCUT2D eigenvalue weighted by Gasteiger charge is -2.34. The number of amides is 2. The van der Waals surface area contributed by atoms with E-state index in [-0.39, 0.29) is 24.2 Å². The van der Waals surface area contributed by atoms with Crippen LogP contribution in [0.3, 0.4) is 0 Å². The first-order valence-corrected chi connectivity index (χ1v) is 16.8. The zero-order valence-corrected chi connectivity index (χ0v) is 28.3. The zero-order valence-electron chi connectivity index (χ0n) is 28.3. The number of carbonyl (C=O) groups is 4. The second kappa shape index (κ2) is 18.7. The SMILES string of the molecule is CC(=O)C(=O)O.Cn1cc(-c2ccc(CCOCCC(=O)N(CCNCCc3ccc(O)c4c3OCC(=O)N4)C3CCCCC3)cc2)cn1. The van der Waals surface area contributed by atoms with Crippen LogP contribution in [0.1, 0.15) is 56.6 Å². The van der Waals surface area contributed by atoms with E-state index in [1.807, 2.05) is 25.5 Å². The number of aromatic hydroxyl groups is 1. The van der Waals surface area contributed by atoms with E-state index in [1.165, 1.54) is 24.8 Å². The standard InChI is InChI=1S/C33H43N5O5.C3H4O3/c1-37-22-27(21-35-37)25-9-7-24(8-10-25)14-19-42-20-15-31(41)38(28-5-3-2-4-6-28)18-17-34-16-13-26-11-12-29(39)32-33(26)43-23-30(40)36-32;1-2(4)3(5)6/h7-12,21-22,28,34,39H,2-6,13-20,23H2,1H3,(H,36,40);1H3,(H,5,6). The number of fused-ring (bicyclic) bond motifs is 1. The number of carboxylic acid groups (broad SMARTS) is 1. The van der Waals surface area contributed by atoms with Crippen LogP contribution in [-0.2, 0) is 43.8 Å². The third-order valence-corrected chi connectivity index (χ3v) is 8.55. The summed E-state index contributed by atoms with van der Waals surface area (Å²) >= 11 is 0. The summed E-state index contributed by atoms with van der Waals surface area (Å²) in [6.07, 6.45) is 11.4. The van der Waals surface area contributed by atoms with E-state index in [9.17, 15) is 24.3 Å². The maximum absolute atomic E-state index is 13.3. The van der Waals surface area contributed by atoms with Gasteiger partial charge in [0.2, 0.25) is 11.7 Å². The van der Waals surface area contributed by atoms with Crippen LogP contribution in [0.2, 0.25) is 0 Å². The fourth-order valence-electron chi connectivity index (χ4n) is 5.89. The van der Waals surface area contributed by atoms with Crippen LogP contribution in [0.15, 0.2) is 48.8 Å². The molecule has 1 aliphatic carbocycles. The fraction of sp³-hybridized carbons (Fsp3) is 0.472. The number of ketones is 1. The van der Waals surface area contributed by atoms with Crippen LogP contribution in [0.4, 0.5) is 5.69 Å². The maximum atomic E-state index is 13.3. The summed E-state index contributed by atoms with van der Waals surface area (Å²) in [6.45, 7) is 3.99. The monoisotopic (exact) mass is 677 g/mol. The van der Waals surface area contributed by atoms with Crippen molar-refractivity contribution in [2.75, 3.05) is 44.8 Å². The minimum Gasteiger partial charge on any atom is -0.506 e. The molecule has 4 N–H and O–H groups in total. The Kier molecular flexibility index (Phi) is 14.2. The van der Waals surface area contributed by atoms with Crippen LogP contribution < -0.4 is 15.4 Å². The van der Waals surface area contributed by atoms with Gasteiger partial charge in [0.15, 0.2) is 12.4 Å². The van der Waals surface area contributed by atoms with E-state index in [2.05, 4.69) is 44.9 Å². The Morgan fingerprint density at radius 2 is 1.78 bits per heavy atom. The molecule has 2 heterocycles. The van der Waals surface area contributed by atoms with Gasteiger partial charge in [0.05, 0.1) is 25.8 Å². The molecule has 13 heteroatoms. The maximum Gasteiger partial charge on any atom is 0.371 e. The molecular formula is C36H47N5O8. The number of phenolic OH excluding ortho intramolecular Hbond substituents is 1. The van der Waals surface area contributed by atoms with Crippen molar-refractivity contribution in [3.8, 4) is 22.6 Å². The number of hydrogen-bond donors (Lipinski definition) is 4. The van der Waals surface area contributed by atoms with Gasteiger partial charge in [-0.1, -0.05) is 49.6 Å². The van der Waals surface area contributed by atoms with Crippen molar-refractivity contribution in [3.63, 3.8) is 0 Å². The average Bonchev–Trinajstić information content (AvgIpc) is 3.54. The van der Waals surface area contributed by atoms with Gasteiger partial charge in [-0.05, 0) is 55.0 Å². The minimum absolute atomic E-state index is 0.000764. The molecule has 1 aromatic heterocycles. The first-order chi connectivity index (χ1) is 23.6. The van der Waals surface area contributed by atoms with Crippen LogP contribution in [0, 0.1) is 0 Å². The van der Waals surface area contributed by atoms with Gasteiger partial charge in [0, 0.05) is 44.9 Å². The predicted molar refractivity (Wildman–Crippen MR) is 183 cm³/mol. The molecule has 2 aliphatic rings. The molecule has 0 unspecified atom stereocenters. The van der Waals surface area contributed by atoms with Crippen LogP contribution in [0.5, 0.6) is 11.5 Å². The number of anilines is 1. The number of benzene rings is 2. The van der Waals surface area contributed by atoms with E-state index in [0.717, 1.165) is 42.9 Å². The number of carboxylic acids is 1. The van der Waals surface area contributed by atoms with E-state index in [1.54, 1.807) is 10.7 Å². The first-order valence-electron chi connectivity index (χ1n) is 16.8. The fourth-order valence-corrected chi connectivity index (χ4v) is 5.89. The van der Waals surface area contributed by atoms with Gasteiger partial charge in [-0.2, -0.15) is 5.10 Å². The third-order valence-electron chi connectivity index (χ3n) is 8.55. The molecule has 0 saturated heterocycles. The Labute approximate surface area is 286 Å². The van der Waals surface area contributed by atoms with Crippen LogP contribution in [0.25, 0.3) is 11.1 Å². The highest BCUT2D eigenvalue weighted by molar-refractivity contribution is 6.31. The Morgan fingerprint density at radius 1 is 1.04 bits per heavy atom. The van der Waals surface area contributed by atoms with Crippen molar-refractivity contribution in [3.05, 3.63) is 59.9 Å². The number of rotatable bonds is 15. The van der Waals surface area contributed by atoms with Crippen LogP contribution >= 0.6 is 0 Å². The lowest BCUT2D eigenvalue weighted by molar-refractivity contribution is -0.148. The molecule has 2 aromatic carbocycles. The van der Waals surface area contributed by atoms with Gasteiger partial charge in [0.25, 0.3) is 5.91 Å². The number of aryl methyl sites for hydroxylation is 1.